The van der Waals surface area contributed by atoms with Crippen LogP contribution in [0.3, 0.4) is 0 Å². The lowest BCUT2D eigenvalue weighted by atomic mass is 9.91. The molecule has 0 aliphatic carbocycles. The zero-order valence-electron chi connectivity index (χ0n) is 17.1. The summed E-state index contributed by atoms with van der Waals surface area (Å²) in [6.45, 7) is 4.26. The van der Waals surface area contributed by atoms with Crippen molar-refractivity contribution in [2.75, 3.05) is 0 Å². The minimum Gasteiger partial charge on any atom is -0.378 e. The minimum atomic E-state index is -7.21. The second kappa shape index (κ2) is 8.83. The lowest BCUT2D eigenvalue weighted by molar-refractivity contribution is -0.247. The molecule has 0 fully saturated rings. The second-order valence-corrected chi connectivity index (χ2v) is 11.8. The molecule has 0 spiro atoms. The number of hydrogen-bond acceptors (Lipinski definition) is 9. The highest BCUT2D eigenvalue weighted by molar-refractivity contribution is 7.89. The number of rotatable bonds is 10. The molecular formula is C15H16F6O10S3. The van der Waals surface area contributed by atoms with Gasteiger partial charge in [-0.1, -0.05) is 6.92 Å². The third kappa shape index (κ3) is 5.25. The lowest BCUT2D eigenvalue weighted by Gasteiger charge is -2.29. The Balaban J connectivity index is 3.27. The van der Waals surface area contributed by atoms with E-state index in [9.17, 15) is 56.4 Å². The number of halogens is 6. The van der Waals surface area contributed by atoms with Gasteiger partial charge in [0, 0.05) is 0 Å². The summed E-state index contributed by atoms with van der Waals surface area (Å²) < 4.78 is 165. The average molecular weight is 566 g/mol. The quantitative estimate of drug-likeness (QED) is 0.254. The van der Waals surface area contributed by atoms with Gasteiger partial charge in [0.15, 0.2) is 0 Å². The molecule has 0 saturated heterocycles. The SMILES string of the molecule is CCC(C)(C)C(=O)OS(=O)(=O)c1ccc(OS(=O)(=O)C(F)(F)C(F)(F)C(F)(F)S(=O)(=O)O)cc1. The van der Waals surface area contributed by atoms with E-state index in [4.69, 9.17) is 4.55 Å². The highest BCUT2D eigenvalue weighted by Gasteiger charge is 2.83. The van der Waals surface area contributed by atoms with Crippen LogP contribution in [0, 0.1) is 5.41 Å². The van der Waals surface area contributed by atoms with Crippen LogP contribution in [0.5, 0.6) is 5.75 Å². The molecule has 19 heteroatoms. The minimum absolute atomic E-state index is 0.168. The Morgan fingerprint density at radius 3 is 1.71 bits per heavy atom. The van der Waals surface area contributed by atoms with Gasteiger partial charge in [-0.25, -0.2) is 0 Å². The second-order valence-electron chi connectivity index (χ2n) is 7.15. The van der Waals surface area contributed by atoms with Crippen LogP contribution in [-0.2, 0) is 39.3 Å². The van der Waals surface area contributed by atoms with E-state index in [0.29, 0.717) is 24.3 Å². The summed E-state index contributed by atoms with van der Waals surface area (Å²) in [7, 11) is -19.1. The normalized spacial score (nSPS) is 14.5. The Morgan fingerprint density at radius 1 is 0.882 bits per heavy atom. The van der Waals surface area contributed by atoms with E-state index in [0.717, 1.165) is 0 Å². The molecule has 0 aliphatic heterocycles. The fourth-order valence-corrected chi connectivity index (χ4v) is 4.15. The van der Waals surface area contributed by atoms with Gasteiger partial charge in [-0.05, 0) is 44.5 Å². The Morgan fingerprint density at radius 2 is 1.32 bits per heavy atom. The Hall–Kier alpha value is -2.12. The molecule has 1 rings (SSSR count). The number of carbonyl (C=O) groups is 1. The van der Waals surface area contributed by atoms with Gasteiger partial charge in [0.2, 0.25) is 0 Å². The van der Waals surface area contributed by atoms with Crippen molar-refractivity contribution in [3.63, 3.8) is 0 Å². The molecule has 0 atom stereocenters. The highest BCUT2D eigenvalue weighted by atomic mass is 32.2. The molecule has 0 saturated carbocycles. The van der Waals surface area contributed by atoms with Crippen LogP contribution < -0.4 is 4.18 Å². The monoisotopic (exact) mass is 566 g/mol. The maximum absolute atomic E-state index is 13.8. The first-order valence-electron chi connectivity index (χ1n) is 8.51. The largest absolute Gasteiger partial charge is 0.450 e. The highest BCUT2D eigenvalue weighted by Crippen LogP contribution is 2.50. The topological polar surface area (TPSA) is 158 Å². The fourth-order valence-electron chi connectivity index (χ4n) is 1.73. The maximum atomic E-state index is 13.8. The zero-order chi connectivity index (χ0) is 27.2. The lowest BCUT2D eigenvalue weighted by Crippen LogP contribution is -2.61. The third-order valence-electron chi connectivity index (χ3n) is 4.31. The van der Waals surface area contributed by atoms with E-state index in [1.54, 1.807) is 6.92 Å². The van der Waals surface area contributed by atoms with Gasteiger partial charge < -0.3 is 8.37 Å². The first-order valence-corrected chi connectivity index (χ1v) is 12.8. The molecule has 1 N–H and O–H groups in total. The predicted molar refractivity (Wildman–Crippen MR) is 99.7 cm³/mol. The molecule has 0 unspecified atom stereocenters. The van der Waals surface area contributed by atoms with Crippen LogP contribution in [0.4, 0.5) is 26.3 Å². The zero-order valence-corrected chi connectivity index (χ0v) is 19.6. The molecule has 1 aromatic carbocycles. The van der Waals surface area contributed by atoms with Crippen molar-refractivity contribution in [1.82, 2.24) is 0 Å². The molecule has 0 aromatic heterocycles. The molecule has 34 heavy (non-hydrogen) atoms. The van der Waals surface area contributed by atoms with Gasteiger partial charge in [0.25, 0.3) is 0 Å². The van der Waals surface area contributed by atoms with Crippen molar-refractivity contribution >= 4 is 36.3 Å². The van der Waals surface area contributed by atoms with Crippen LogP contribution in [0.15, 0.2) is 29.2 Å². The van der Waals surface area contributed by atoms with Gasteiger partial charge in [-0.2, -0.15) is 51.6 Å². The van der Waals surface area contributed by atoms with Crippen molar-refractivity contribution < 1.29 is 69.3 Å². The van der Waals surface area contributed by atoms with Crippen LogP contribution in [-0.4, -0.2) is 52.2 Å². The average Bonchev–Trinajstić information content (AvgIpc) is 2.66. The summed E-state index contributed by atoms with van der Waals surface area (Å²) in [4.78, 5) is 11.1. The van der Waals surface area contributed by atoms with Crippen molar-refractivity contribution in [2.45, 2.75) is 48.5 Å². The molecule has 0 aliphatic rings. The van der Waals surface area contributed by atoms with Crippen molar-refractivity contribution in [3.8, 4) is 5.75 Å². The van der Waals surface area contributed by atoms with Gasteiger partial charge in [-0.15, -0.1) is 0 Å². The standard InChI is InChI=1S/C15H16F6O10S3/c1-4-12(2,3)11(22)31-32(23,24)10-7-5-9(6-8-10)30-34(28,29)15(20,21)13(16,17)14(18,19)33(25,26)27/h5-8H,4H2,1-3H3,(H,25,26,27). The predicted octanol–water partition coefficient (Wildman–Crippen LogP) is 2.77. The van der Waals surface area contributed by atoms with E-state index in [1.807, 2.05) is 0 Å². The number of carbonyl (C=O) groups excluding carboxylic acids is 1. The van der Waals surface area contributed by atoms with Crippen LogP contribution in [0.2, 0.25) is 0 Å². The van der Waals surface area contributed by atoms with E-state index in [-0.39, 0.29) is 6.42 Å². The molecule has 0 heterocycles. The Labute approximate surface area is 189 Å². The summed E-state index contributed by atoms with van der Waals surface area (Å²) in [6.07, 6.45) is 0.168. The summed E-state index contributed by atoms with van der Waals surface area (Å²) >= 11 is 0. The van der Waals surface area contributed by atoms with E-state index in [1.165, 1.54) is 13.8 Å². The summed E-state index contributed by atoms with van der Waals surface area (Å²) in [6, 6.07) is 1.49. The van der Waals surface area contributed by atoms with Gasteiger partial charge in [-0.3, -0.25) is 9.35 Å². The molecule has 10 nitrogen and oxygen atoms in total. The summed E-state index contributed by atoms with van der Waals surface area (Å²) in [5.74, 6) is -9.69. The Kier molecular flexibility index (Phi) is 7.77. The van der Waals surface area contributed by atoms with Crippen molar-refractivity contribution in [2.24, 2.45) is 5.41 Å². The van der Waals surface area contributed by atoms with Crippen molar-refractivity contribution in [3.05, 3.63) is 24.3 Å². The van der Waals surface area contributed by atoms with E-state index < -0.39 is 68.8 Å². The van der Waals surface area contributed by atoms with E-state index in [2.05, 4.69) is 8.37 Å². The Bertz CT molecular complexity index is 1250. The van der Waals surface area contributed by atoms with Crippen LogP contribution >= 0.6 is 0 Å². The molecule has 0 radical (unpaired) electrons. The van der Waals surface area contributed by atoms with Crippen LogP contribution in [0.25, 0.3) is 0 Å². The smallest absolute Gasteiger partial charge is 0.378 e. The molecular weight excluding hydrogens is 550 g/mol. The number of alkyl halides is 6. The molecule has 0 bridgehead atoms. The van der Waals surface area contributed by atoms with Crippen LogP contribution in [0.1, 0.15) is 27.2 Å². The summed E-state index contributed by atoms with van der Waals surface area (Å²) in [5.41, 5.74) is -1.23. The first-order chi connectivity index (χ1) is 14.9. The fraction of sp³-hybridized carbons (Fsp3) is 0.533. The van der Waals surface area contributed by atoms with Crippen molar-refractivity contribution in [1.29, 1.82) is 0 Å². The third-order valence-corrected chi connectivity index (χ3v) is 7.73. The molecule has 196 valence electrons. The number of hydrogen-bond donors (Lipinski definition) is 1. The number of benzene rings is 1. The summed E-state index contributed by atoms with van der Waals surface area (Å²) in [5, 5.41) is -13.9. The molecule has 1 aromatic rings. The molecule has 0 amide bonds. The van der Waals surface area contributed by atoms with Gasteiger partial charge in [0.1, 0.15) is 10.6 Å². The first kappa shape index (κ1) is 29.9. The maximum Gasteiger partial charge on any atom is 0.450 e. The van der Waals surface area contributed by atoms with Gasteiger partial charge in [0.05, 0.1) is 5.41 Å². The van der Waals surface area contributed by atoms with Gasteiger partial charge >= 0.3 is 52.8 Å². The van der Waals surface area contributed by atoms with E-state index >= 15 is 0 Å².